The van der Waals surface area contributed by atoms with E-state index >= 15 is 0 Å². The second-order valence-electron chi connectivity index (χ2n) is 7.60. The predicted molar refractivity (Wildman–Crippen MR) is 116 cm³/mol. The minimum absolute atomic E-state index is 0.0467. The van der Waals surface area contributed by atoms with Crippen molar-refractivity contribution in [3.05, 3.63) is 64.4 Å². The van der Waals surface area contributed by atoms with Crippen LogP contribution in [0.2, 0.25) is 0 Å². The number of alkyl halides is 3. The van der Waals surface area contributed by atoms with Gasteiger partial charge < -0.3 is 9.47 Å². The summed E-state index contributed by atoms with van der Waals surface area (Å²) < 4.78 is 80.4. The van der Waals surface area contributed by atoms with Gasteiger partial charge in [-0.15, -0.1) is 0 Å². The Bertz CT molecular complexity index is 1310. The number of sulfone groups is 1. The first-order chi connectivity index (χ1) is 16.2. The van der Waals surface area contributed by atoms with Crippen molar-refractivity contribution < 1.29 is 31.1 Å². The van der Waals surface area contributed by atoms with Crippen LogP contribution in [0.3, 0.4) is 0 Å². The normalized spacial score (nSPS) is 15.1. The number of rotatable bonds is 6. The molecule has 1 fully saturated rings. The van der Waals surface area contributed by atoms with Gasteiger partial charge in [-0.3, -0.25) is 0 Å². The maximum absolute atomic E-state index is 13.3. The van der Waals surface area contributed by atoms with Crippen molar-refractivity contribution in [3.63, 3.8) is 0 Å². The minimum atomic E-state index is -4.51. The average molecular weight is 510 g/mol. The third-order valence-electron chi connectivity index (χ3n) is 5.37. The smallest absolute Gasteiger partial charge is 0.416 e. The first-order valence-corrected chi connectivity index (χ1v) is 12.6. The van der Waals surface area contributed by atoms with Crippen molar-refractivity contribution in [1.82, 2.24) is 9.36 Å². The fourth-order valence-corrected chi connectivity index (χ4v) is 5.77. The Morgan fingerprint density at radius 1 is 1.15 bits per heavy atom. The van der Waals surface area contributed by atoms with E-state index in [1.807, 2.05) is 6.07 Å². The number of halogens is 3. The van der Waals surface area contributed by atoms with Gasteiger partial charge in [-0.2, -0.15) is 22.8 Å². The van der Waals surface area contributed by atoms with Crippen LogP contribution >= 0.6 is 11.5 Å². The summed E-state index contributed by atoms with van der Waals surface area (Å²) in [6.07, 6.45) is -2.19. The molecule has 1 saturated heterocycles. The lowest BCUT2D eigenvalue weighted by Crippen LogP contribution is -2.16. The van der Waals surface area contributed by atoms with Gasteiger partial charge in [0.25, 0.3) is 0 Å². The lowest BCUT2D eigenvalue weighted by atomic mass is 9.89. The fourth-order valence-electron chi connectivity index (χ4n) is 3.65. The van der Waals surface area contributed by atoms with Crippen LogP contribution in [0.25, 0.3) is 0 Å². The van der Waals surface area contributed by atoms with Gasteiger partial charge >= 0.3 is 6.18 Å². The Kier molecular flexibility index (Phi) is 6.88. The molecule has 0 spiro atoms. The summed E-state index contributed by atoms with van der Waals surface area (Å²) in [5, 5.41) is 9.91. The van der Waals surface area contributed by atoms with Gasteiger partial charge in [0, 0.05) is 13.2 Å². The molecule has 0 aliphatic carbocycles. The van der Waals surface area contributed by atoms with Crippen LogP contribution in [0.5, 0.6) is 11.5 Å². The maximum Gasteiger partial charge on any atom is 0.416 e. The number of benzene rings is 2. The van der Waals surface area contributed by atoms with Gasteiger partial charge in [0.1, 0.15) is 34.7 Å². The summed E-state index contributed by atoms with van der Waals surface area (Å²) in [4.78, 5) is 3.78. The lowest BCUT2D eigenvalue weighted by Gasteiger charge is -2.25. The number of hydrogen-bond donors (Lipinski definition) is 0. The highest BCUT2D eigenvalue weighted by Crippen LogP contribution is 2.41. The van der Waals surface area contributed by atoms with Crippen molar-refractivity contribution in [3.8, 4) is 17.6 Å². The second-order valence-corrected chi connectivity index (χ2v) is 10.5. The Morgan fingerprint density at radius 3 is 2.53 bits per heavy atom. The zero-order valence-electron chi connectivity index (χ0n) is 17.6. The average Bonchev–Trinajstić information content (AvgIpc) is 3.31. The summed E-state index contributed by atoms with van der Waals surface area (Å²) >= 11 is 0.958. The molecule has 0 saturated carbocycles. The summed E-state index contributed by atoms with van der Waals surface area (Å²) in [5.41, 5.74) is -0.480. The molecule has 34 heavy (non-hydrogen) atoms. The molecule has 0 atom stereocenters. The van der Waals surface area contributed by atoms with Gasteiger partial charge in [-0.1, -0.05) is 0 Å². The highest BCUT2D eigenvalue weighted by molar-refractivity contribution is 7.90. The summed E-state index contributed by atoms with van der Waals surface area (Å²) in [6, 6.07) is 8.94. The number of hydrogen-bond acceptors (Lipinski definition) is 8. The van der Waals surface area contributed by atoms with Crippen LogP contribution in [0.15, 0.2) is 47.6 Å². The SMILES string of the molecule is N#Cc1cc(S(=O)(=O)Cc2ncns2)ccc1Oc1ccc(C(F)(F)F)cc1C1CCOCC1. The highest BCUT2D eigenvalue weighted by atomic mass is 32.2. The van der Waals surface area contributed by atoms with E-state index < -0.39 is 21.6 Å². The van der Waals surface area contributed by atoms with E-state index in [1.54, 1.807) is 0 Å². The zero-order valence-corrected chi connectivity index (χ0v) is 19.2. The van der Waals surface area contributed by atoms with Crippen molar-refractivity contribution >= 4 is 21.4 Å². The maximum atomic E-state index is 13.3. The van der Waals surface area contributed by atoms with Gasteiger partial charge in [-0.05, 0) is 72.3 Å². The van der Waals surface area contributed by atoms with E-state index in [1.165, 1.54) is 30.6 Å². The van der Waals surface area contributed by atoms with E-state index in [4.69, 9.17) is 9.47 Å². The molecule has 0 bridgehead atoms. The van der Waals surface area contributed by atoms with E-state index in [-0.39, 0.29) is 33.6 Å². The Balaban J connectivity index is 1.67. The van der Waals surface area contributed by atoms with Crippen molar-refractivity contribution in [2.75, 3.05) is 13.2 Å². The van der Waals surface area contributed by atoms with Crippen LogP contribution < -0.4 is 4.74 Å². The van der Waals surface area contributed by atoms with E-state index in [2.05, 4.69) is 9.36 Å². The molecular weight excluding hydrogens is 491 g/mol. The molecule has 1 aliphatic rings. The minimum Gasteiger partial charge on any atom is -0.456 e. The molecule has 1 aliphatic heterocycles. The van der Waals surface area contributed by atoms with Gasteiger partial charge in [0.15, 0.2) is 9.84 Å². The predicted octanol–water partition coefficient (Wildman–Crippen LogP) is 5.09. The standard InChI is InChI=1S/C22H18F3N3O4S2/c23-22(24,25)16-1-3-20(18(10-16)14-5-7-31-8-6-14)32-19-4-2-17(9-15(19)11-26)34(29,30)12-21-27-13-28-33-21/h1-4,9-10,13-14H,5-8,12H2. The molecule has 2 heterocycles. The number of aromatic nitrogens is 2. The number of ether oxygens (including phenoxy) is 2. The van der Waals surface area contributed by atoms with Crippen LogP contribution in [0, 0.1) is 11.3 Å². The summed E-state index contributed by atoms with van der Waals surface area (Å²) in [7, 11) is -3.79. The molecule has 2 aromatic carbocycles. The third-order valence-corrected chi connectivity index (χ3v) is 7.84. The molecule has 178 valence electrons. The first kappa shape index (κ1) is 24.1. The first-order valence-electron chi connectivity index (χ1n) is 10.2. The Labute approximate surface area is 197 Å². The highest BCUT2D eigenvalue weighted by Gasteiger charge is 2.33. The van der Waals surface area contributed by atoms with Gasteiger partial charge in [0.05, 0.1) is 16.0 Å². The molecular formula is C22H18F3N3O4S2. The van der Waals surface area contributed by atoms with Crippen molar-refractivity contribution in [1.29, 1.82) is 5.26 Å². The van der Waals surface area contributed by atoms with E-state index in [0.717, 1.165) is 23.7 Å². The fraction of sp³-hybridized carbons (Fsp3) is 0.318. The van der Waals surface area contributed by atoms with Crippen molar-refractivity contribution in [2.45, 2.75) is 35.6 Å². The summed E-state index contributed by atoms with van der Waals surface area (Å²) in [6.45, 7) is 0.843. The topological polar surface area (TPSA) is 102 Å². The number of nitriles is 1. The molecule has 0 N–H and O–H groups in total. The molecule has 1 aromatic heterocycles. The second kappa shape index (κ2) is 9.69. The van der Waals surface area contributed by atoms with Gasteiger partial charge in [0.2, 0.25) is 0 Å². The lowest BCUT2D eigenvalue weighted by molar-refractivity contribution is -0.137. The quantitative estimate of drug-likeness (QED) is 0.456. The van der Waals surface area contributed by atoms with Crippen LogP contribution in [0.1, 0.15) is 40.5 Å². The largest absolute Gasteiger partial charge is 0.456 e. The van der Waals surface area contributed by atoms with E-state index in [9.17, 15) is 26.9 Å². The Hall–Kier alpha value is -3.01. The van der Waals surface area contributed by atoms with Crippen LogP contribution in [0.4, 0.5) is 13.2 Å². The molecule has 7 nitrogen and oxygen atoms in total. The monoisotopic (exact) mass is 509 g/mol. The zero-order chi connectivity index (χ0) is 24.3. The van der Waals surface area contributed by atoms with Crippen molar-refractivity contribution in [2.24, 2.45) is 0 Å². The summed E-state index contributed by atoms with van der Waals surface area (Å²) in [5.74, 6) is -0.343. The third kappa shape index (κ3) is 5.38. The van der Waals surface area contributed by atoms with Gasteiger partial charge in [-0.25, -0.2) is 13.4 Å². The molecule has 0 radical (unpaired) electrons. The molecule has 0 unspecified atom stereocenters. The van der Waals surface area contributed by atoms with Crippen LogP contribution in [-0.4, -0.2) is 31.0 Å². The molecule has 0 amide bonds. The van der Waals surface area contributed by atoms with E-state index in [0.29, 0.717) is 36.6 Å². The molecule has 12 heteroatoms. The number of nitrogens with zero attached hydrogens (tertiary/aromatic N) is 3. The molecule has 3 aromatic rings. The Morgan fingerprint density at radius 2 is 1.88 bits per heavy atom. The molecule has 4 rings (SSSR count). The van der Waals surface area contributed by atoms with Crippen LogP contribution in [-0.2, 0) is 26.5 Å².